The fourth-order valence-corrected chi connectivity index (χ4v) is 5.72. The van der Waals surface area contributed by atoms with Gasteiger partial charge in [0.25, 0.3) is 0 Å². The summed E-state index contributed by atoms with van der Waals surface area (Å²) in [7, 11) is -0.711. The molecule has 1 aromatic rings. The molecular formula is C15H20O2S. The van der Waals surface area contributed by atoms with Crippen molar-refractivity contribution >= 4 is 10.8 Å². The smallest absolute Gasteiger partial charge is 0.0922 e. The molecule has 0 aromatic heterocycles. The summed E-state index contributed by atoms with van der Waals surface area (Å²) in [6.07, 6.45) is 3.37. The Hall–Kier alpha value is -0.670. The van der Waals surface area contributed by atoms with E-state index in [-0.39, 0.29) is 10.5 Å². The van der Waals surface area contributed by atoms with Gasteiger partial charge in [-0.05, 0) is 56.2 Å². The van der Waals surface area contributed by atoms with Crippen LogP contribution in [0.4, 0.5) is 0 Å². The molecule has 3 heteroatoms. The minimum Gasteiger partial charge on any atom is -0.385 e. The first-order chi connectivity index (χ1) is 8.51. The van der Waals surface area contributed by atoms with Crippen molar-refractivity contribution in [2.45, 2.75) is 55.6 Å². The summed E-state index contributed by atoms with van der Waals surface area (Å²) in [5, 5.41) is 11.4. The Morgan fingerprint density at radius 2 is 1.83 bits per heavy atom. The van der Waals surface area contributed by atoms with Gasteiger partial charge in [-0.1, -0.05) is 18.2 Å². The Labute approximate surface area is 111 Å². The van der Waals surface area contributed by atoms with E-state index in [4.69, 9.17) is 0 Å². The van der Waals surface area contributed by atoms with Gasteiger partial charge >= 0.3 is 0 Å². The third-order valence-corrected chi connectivity index (χ3v) is 6.82. The van der Waals surface area contributed by atoms with Gasteiger partial charge in [0.05, 0.1) is 5.60 Å². The van der Waals surface area contributed by atoms with E-state index in [0.29, 0.717) is 12.8 Å². The van der Waals surface area contributed by atoms with E-state index in [0.717, 1.165) is 18.4 Å². The second-order valence-corrected chi connectivity index (χ2v) is 7.83. The average Bonchev–Trinajstić information content (AvgIpc) is 2.57. The van der Waals surface area contributed by atoms with Gasteiger partial charge in [-0.2, -0.15) is 0 Å². The van der Waals surface area contributed by atoms with E-state index < -0.39 is 16.4 Å². The van der Waals surface area contributed by atoms with Gasteiger partial charge in [0.1, 0.15) is 0 Å². The molecule has 2 fully saturated rings. The van der Waals surface area contributed by atoms with Crippen molar-refractivity contribution in [2.24, 2.45) is 0 Å². The maximum atomic E-state index is 12.1. The zero-order valence-electron chi connectivity index (χ0n) is 11.0. The molecule has 2 unspecified atom stereocenters. The van der Waals surface area contributed by atoms with E-state index in [1.54, 1.807) is 0 Å². The molecule has 2 saturated heterocycles. The van der Waals surface area contributed by atoms with Gasteiger partial charge in [0.2, 0.25) is 0 Å². The third-order valence-electron chi connectivity index (χ3n) is 4.70. The van der Waals surface area contributed by atoms with Crippen molar-refractivity contribution in [1.29, 1.82) is 0 Å². The summed E-state index contributed by atoms with van der Waals surface area (Å²) in [5.41, 5.74) is 2.71. The molecule has 1 N–H and O–H groups in total. The highest BCUT2D eigenvalue weighted by Gasteiger charge is 2.48. The first kappa shape index (κ1) is 12.4. The average molecular weight is 264 g/mol. The zero-order chi connectivity index (χ0) is 12.9. The Bertz CT molecular complexity index is 493. The predicted octanol–water partition coefficient (Wildman–Crippen LogP) is 2.56. The zero-order valence-corrected chi connectivity index (χ0v) is 11.8. The SMILES string of the molecule is Cc1cccc(C2(O)CC3CCC(C2)S3=O)c1C. The van der Waals surface area contributed by atoms with Gasteiger partial charge in [0, 0.05) is 21.3 Å². The fraction of sp³-hybridized carbons (Fsp3) is 0.600. The lowest BCUT2D eigenvalue weighted by Crippen LogP contribution is -2.40. The third kappa shape index (κ3) is 1.76. The Balaban J connectivity index is 2.01. The molecule has 98 valence electrons. The molecule has 2 nitrogen and oxygen atoms in total. The van der Waals surface area contributed by atoms with E-state index in [1.807, 2.05) is 12.1 Å². The largest absolute Gasteiger partial charge is 0.385 e. The molecule has 18 heavy (non-hydrogen) atoms. The standard InChI is InChI=1S/C15H20O2S/c1-10-4-3-5-14(11(10)2)15(16)8-12-6-7-13(9-15)18(12)17/h3-5,12-13,16H,6-9H2,1-2H3. The molecule has 2 atom stereocenters. The first-order valence-corrected chi connectivity index (χ1v) is 7.97. The predicted molar refractivity (Wildman–Crippen MR) is 74.0 cm³/mol. The van der Waals surface area contributed by atoms with Crippen LogP contribution >= 0.6 is 0 Å². The summed E-state index contributed by atoms with van der Waals surface area (Å²) >= 11 is 0. The molecule has 0 radical (unpaired) electrons. The van der Waals surface area contributed by atoms with Crippen molar-refractivity contribution < 1.29 is 9.32 Å². The Morgan fingerprint density at radius 1 is 1.22 bits per heavy atom. The van der Waals surface area contributed by atoms with Crippen LogP contribution in [0.15, 0.2) is 18.2 Å². The van der Waals surface area contributed by atoms with Gasteiger partial charge in [-0.25, -0.2) is 0 Å². The Kier molecular flexibility index (Phi) is 2.87. The van der Waals surface area contributed by atoms with Crippen LogP contribution in [-0.4, -0.2) is 19.8 Å². The molecule has 2 bridgehead atoms. The lowest BCUT2D eigenvalue weighted by molar-refractivity contribution is 0.0178. The summed E-state index contributed by atoms with van der Waals surface area (Å²) in [5.74, 6) is 0. The monoisotopic (exact) mass is 264 g/mol. The summed E-state index contributed by atoms with van der Waals surface area (Å²) in [4.78, 5) is 0. The molecule has 0 amide bonds. The van der Waals surface area contributed by atoms with Gasteiger partial charge in [-0.15, -0.1) is 0 Å². The number of aliphatic hydroxyl groups is 1. The number of fused-ring (bicyclic) bond motifs is 2. The fourth-order valence-electron chi connectivity index (χ4n) is 3.56. The molecule has 0 saturated carbocycles. The van der Waals surface area contributed by atoms with Crippen LogP contribution in [0.1, 0.15) is 42.4 Å². The van der Waals surface area contributed by atoms with Crippen molar-refractivity contribution in [3.05, 3.63) is 34.9 Å². The number of aryl methyl sites for hydroxylation is 1. The lowest BCUT2D eigenvalue weighted by Gasteiger charge is -2.37. The van der Waals surface area contributed by atoms with Crippen molar-refractivity contribution in [3.63, 3.8) is 0 Å². The van der Waals surface area contributed by atoms with E-state index in [2.05, 4.69) is 19.9 Å². The number of rotatable bonds is 1. The molecule has 2 heterocycles. The molecule has 0 spiro atoms. The lowest BCUT2D eigenvalue weighted by atomic mass is 9.82. The minimum absolute atomic E-state index is 0.202. The molecule has 2 aliphatic rings. The van der Waals surface area contributed by atoms with Crippen LogP contribution in [0.2, 0.25) is 0 Å². The van der Waals surface area contributed by atoms with Crippen LogP contribution in [0.5, 0.6) is 0 Å². The highest BCUT2D eigenvalue weighted by molar-refractivity contribution is 7.86. The van der Waals surface area contributed by atoms with Crippen LogP contribution in [-0.2, 0) is 16.4 Å². The second kappa shape index (κ2) is 4.17. The molecule has 2 aliphatic heterocycles. The van der Waals surface area contributed by atoms with Gasteiger partial charge < -0.3 is 5.11 Å². The maximum Gasteiger partial charge on any atom is 0.0922 e. The normalized spacial score (nSPS) is 38.9. The van der Waals surface area contributed by atoms with E-state index >= 15 is 0 Å². The topological polar surface area (TPSA) is 37.3 Å². The number of hydrogen-bond acceptors (Lipinski definition) is 2. The van der Waals surface area contributed by atoms with Crippen LogP contribution in [0, 0.1) is 13.8 Å². The minimum atomic E-state index is -0.754. The molecule has 0 aliphatic carbocycles. The molecular weight excluding hydrogens is 244 g/mol. The van der Waals surface area contributed by atoms with Crippen molar-refractivity contribution in [2.75, 3.05) is 0 Å². The summed E-state index contributed by atoms with van der Waals surface area (Å²) < 4.78 is 12.1. The van der Waals surface area contributed by atoms with E-state index in [9.17, 15) is 9.32 Å². The second-order valence-electron chi connectivity index (χ2n) is 5.84. The van der Waals surface area contributed by atoms with E-state index in [1.165, 1.54) is 11.1 Å². The number of hydrogen-bond donors (Lipinski definition) is 1. The highest BCUT2D eigenvalue weighted by atomic mass is 32.2. The Morgan fingerprint density at radius 3 is 2.44 bits per heavy atom. The quantitative estimate of drug-likeness (QED) is 0.846. The van der Waals surface area contributed by atoms with Gasteiger partial charge in [-0.3, -0.25) is 4.21 Å². The van der Waals surface area contributed by atoms with Crippen LogP contribution in [0.25, 0.3) is 0 Å². The highest BCUT2D eigenvalue weighted by Crippen LogP contribution is 2.46. The number of benzene rings is 1. The molecule has 3 rings (SSSR count). The van der Waals surface area contributed by atoms with Gasteiger partial charge in [0.15, 0.2) is 0 Å². The summed E-state index contributed by atoms with van der Waals surface area (Å²) in [6, 6.07) is 6.14. The molecule has 1 aromatic carbocycles. The van der Waals surface area contributed by atoms with Crippen molar-refractivity contribution in [1.82, 2.24) is 0 Å². The first-order valence-electron chi connectivity index (χ1n) is 6.70. The summed E-state index contributed by atoms with van der Waals surface area (Å²) in [6.45, 7) is 4.16. The van der Waals surface area contributed by atoms with Crippen LogP contribution < -0.4 is 0 Å². The maximum absolute atomic E-state index is 12.1. The van der Waals surface area contributed by atoms with Crippen LogP contribution in [0.3, 0.4) is 0 Å². The van der Waals surface area contributed by atoms with Crippen molar-refractivity contribution in [3.8, 4) is 0 Å².